The zero-order valence-electron chi connectivity index (χ0n) is 22.4. The van der Waals surface area contributed by atoms with Crippen LogP contribution in [0, 0.1) is 18.6 Å². The Bertz CT molecular complexity index is 1510. The van der Waals surface area contributed by atoms with Gasteiger partial charge in [0.1, 0.15) is 17.4 Å². The summed E-state index contributed by atoms with van der Waals surface area (Å²) < 4.78 is 35.6. The predicted octanol–water partition coefficient (Wildman–Crippen LogP) is 5.41. The lowest BCUT2D eigenvalue weighted by Gasteiger charge is -2.34. The number of benzene rings is 3. The number of aromatic nitrogens is 1. The maximum absolute atomic E-state index is 15.0. The van der Waals surface area contributed by atoms with E-state index in [-0.39, 0.29) is 17.6 Å². The monoisotopic (exact) mass is 544 g/mol. The zero-order valence-corrected chi connectivity index (χ0v) is 22.4. The quantitative estimate of drug-likeness (QED) is 0.353. The highest BCUT2D eigenvalue weighted by molar-refractivity contribution is 5.97. The van der Waals surface area contributed by atoms with E-state index in [9.17, 15) is 18.4 Å². The van der Waals surface area contributed by atoms with Gasteiger partial charge in [0.05, 0.1) is 24.1 Å². The van der Waals surface area contributed by atoms with Crippen molar-refractivity contribution >= 4 is 11.9 Å². The number of urea groups is 1. The molecule has 5 rings (SSSR count). The number of ether oxygens (including phenoxy) is 1. The summed E-state index contributed by atoms with van der Waals surface area (Å²) in [6.07, 6.45) is 0. The number of nitrogens with zero attached hydrogens (tertiary/aromatic N) is 3. The Morgan fingerprint density at radius 3 is 2.20 bits per heavy atom. The van der Waals surface area contributed by atoms with Crippen LogP contribution < -0.4 is 10.1 Å². The van der Waals surface area contributed by atoms with E-state index in [0.29, 0.717) is 55.4 Å². The first-order chi connectivity index (χ1) is 19.4. The number of carbonyl (C=O) groups excluding carboxylic acids is 2. The Kier molecular flexibility index (Phi) is 7.82. The van der Waals surface area contributed by atoms with Crippen molar-refractivity contribution in [1.82, 2.24) is 19.7 Å². The molecule has 4 aromatic rings. The lowest BCUT2D eigenvalue weighted by molar-refractivity contribution is 0.0664. The third-order valence-electron chi connectivity index (χ3n) is 7.15. The van der Waals surface area contributed by atoms with Crippen molar-refractivity contribution < 1.29 is 23.1 Å². The second-order valence-corrected chi connectivity index (χ2v) is 9.61. The minimum absolute atomic E-state index is 0.142. The summed E-state index contributed by atoms with van der Waals surface area (Å²) in [4.78, 5) is 29.8. The highest BCUT2D eigenvalue weighted by atomic mass is 19.1. The summed E-state index contributed by atoms with van der Waals surface area (Å²) in [7, 11) is 1.57. The standard InChI is InChI=1S/C31H30F2N4O3/c1-21-26(30(38)35-14-16-36(17-15-35)31(39)34-20-22-6-4-3-5-7-22)19-29(23-8-11-25(40-2)12-9-23)37(21)28-13-10-24(32)18-27(28)33/h3-13,18-19H,14-17,20H2,1-2H3,(H,34,39). The van der Waals surface area contributed by atoms with E-state index in [1.165, 1.54) is 12.1 Å². The molecule has 1 aromatic heterocycles. The highest BCUT2D eigenvalue weighted by Gasteiger charge is 2.28. The lowest BCUT2D eigenvalue weighted by atomic mass is 10.1. The van der Waals surface area contributed by atoms with Crippen molar-refractivity contribution in [1.29, 1.82) is 0 Å². The molecule has 1 saturated heterocycles. The Labute approximate surface area is 231 Å². The molecular weight excluding hydrogens is 514 g/mol. The van der Waals surface area contributed by atoms with Crippen LogP contribution in [0.5, 0.6) is 5.75 Å². The Morgan fingerprint density at radius 2 is 1.55 bits per heavy atom. The zero-order chi connectivity index (χ0) is 28.2. The van der Waals surface area contributed by atoms with Crippen LogP contribution in [-0.2, 0) is 6.54 Å². The summed E-state index contributed by atoms with van der Waals surface area (Å²) in [6.45, 7) is 3.69. The molecular formula is C31H30F2N4O3. The van der Waals surface area contributed by atoms with E-state index < -0.39 is 11.6 Å². The smallest absolute Gasteiger partial charge is 0.317 e. The molecule has 0 spiro atoms. The van der Waals surface area contributed by atoms with Crippen LogP contribution in [0.1, 0.15) is 21.6 Å². The van der Waals surface area contributed by atoms with E-state index in [1.807, 2.05) is 42.5 Å². The molecule has 9 heteroatoms. The summed E-state index contributed by atoms with van der Waals surface area (Å²) in [6, 6.07) is 21.8. The number of amides is 3. The van der Waals surface area contributed by atoms with Crippen molar-refractivity contribution in [3.05, 3.63) is 107 Å². The van der Waals surface area contributed by atoms with E-state index >= 15 is 0 Å². The van der Waals surface area contributed by atoms with Crippen LogP contribution in [-0.4, -0.2) is 59.6 Å². The third kappa shape index (κ3) is 5.54. The Hall–Kier alpha value is -4.66. The van der Waals surface area contributed by atoms with Gasteiger partial charge in [-0.3, -0.25) is 4.79 Å². The second-order valence-electron chi connectivity index (χ2n) is 9.61. The van der Waals surface area contributed by atoms with E-state index in [0.717, 1.165) is 17.2 Å². The number of methoxy groups -OCH3 is 1. The Morgan fingerprint density at radius 1 is 0.875 bits per heavy atom. The molecule has 3 amide bonds. The normalized spacial score (nSPS) is 13.3. The van der Waals surface area contributed by atoms with Gasteiger partial charge in [-0.15, -0.1) is 0 Å². The molecule has 1 N–H and O–H groups in total. The number of piperazine rings is 1. The minimum atomic E-state index is -0.734. The highest BCUT2D eigenvalue weighted by Crippen LogP contribution is 2.32. The molecule has 0 unspecified atom stereocenters. The van der Waals surface area contributed by atoms with Crippen LogP contribution >= 0.6 is 0 Å². The molecule has 0 saturated carbocycles. The molecule has 206 valence electrons. The average molecular weight is 545 g/mol. The third-order valence-corrected chi connectivity index (χ3v) is 7.15. The molecule has 1 fully saturated rings. The molecule has 0 bridgehead atoms. The molecule has 3 aromatic carbocycles. The minimum Gasteiger partial charge on any atom is -0.497 e. The fraction of sp³-hybridized carbons (Fsp3) is 0.226. The number of hydrogen-bond acceptors (Lipinski definition) is 3. The molecule has 1 aliphatic heterocycles. The average Bonchev–Trinajstić information content (AvgIpc) is 3.32. The van der Waals surface area contributed by atoms with Gasteiger partial charge in [0, 0.05) is 44.5 Å². The van der Waals surface area contributed by atoms with Crippen molar-refractivity contribution in [2.75, 3.05) is 33.3 Å². The number of rotatable bonds is 6. The van der Waals surface area contributed by atoms with Gasteiger partial charge in [-0.2, -0.15) is 0 Å². The van der Waals surface area contributed by atoms with Gasteiger partial charge in [-0.1, -0.05) is 30.3 Å². The maximum atomic E-state index is 15.0. The van der Waals surface area contributed by atoms with Crippen LogP contribution in [0.4, 0.5) is 13.6 Å². The Balaban J connectivity index is 1.37. The maximum Gasteiger partial charge on any atom is 0.317 e. The molecule has 2 heterocycles. The van der Waals surface area contributed by atoms with Crippen LogP contribution in [0.2, 0.25) is 0 Å². The van der Waals surface area contributed by atoms with Gasteiger partial charge in [0.25, 0.3) is 5.91 Å². The van der Waals surface area contributed by atoms with Crippen molar-refractivity contribution in [2.24, 2.45) is 0 Å². The van der Waals surface area contributed by atoms with Gasteiger partial charge in [-0.25, -0.2) is 13.6 Å². The van der Waals surface area contributed by atoms with E-state index in [1.54, 1.807) is 46.6 Å². The first kappa shape index (κ1) is 26.9. The first-order valence-corrected chi connectivity index (χ1v) is 13.0. The summed E-state index contributed by atoms with van der Waals surface area (Å²) in [5, 5.41) is 2.93. The van der Waals surface area contributed by atoms with Gasteiger partial charge < -0.3 is 24.4 Å². The number of carbonyl (C=O) groups is 2. The summed E-state index contributed by atoms with van der Waals surface area (Å²) in [5.74, 6) is -0.965. The predicted molar refractivity (Wildman–Crippen MR) is 149 cm³/mol. The largest absolute Gasteiger partial charge is 0.497 e. The second kappa shape index (κ2) is 11.6. The molecule has 40 heavy (non-hydrogen) atoms. The van der Waals surface area contributed by atoms with Crippen LogP contribution in [0.15, 0.2) is 78.9 Å². The van der Waals surface area contributed by atoms with Crippen LogP contribution in [0.3, 0.4) is 0 Å². The molecule has 0 atom stereocenters. The van der Waals surface area contributed by atoms with Crippen molar-refractivity contribution in [3.8, 4) is 22.7 Å². The topological polar surface area (TPSA) is 66.8 Å². The van der Waals surface area contributed by atoms with E-state index in [2.05, 4.69) is 5.32 Å². The fourth-order valence-electron chi connectivity index (χ4n) is 4.94. The molecule has 0 aliphatic carbocycles. The van der Waals surface area contributed by atoms with Gasteiger partial charge >= 0.3 is 6.03 Å². The number of halogens is 2. The number of nitrogens with one attached hydrogen (secondary N) is 1. The van der Waals surface area contributed by atoms with Crippen LogP contribution in [0.25, 0.3) is 16.9 Å². The fourth-order valence-corrected chi connectivity index (χ4v) is 4.94. The SMILES string of the molecule is COc1ccc(-c2cc(C(=O)N3CCN(C(=O)NCc4ccccc4)CC3)c(C)n2-c2ccc(F)cc2F)cc1. The first-order valence-electron chi connectivity index (χ1n) is 13.0. The van der Waals surface area contributed by atoms with Gasteiger partial charge in [0.15, 0.2) is 0 Å². The molecule has 7 nitrogen and oxygen atoms in total. The van der Waals surface area contributed by atoms with E-state index in [4.69, 9.17) is 4.74 Å². The van der Waals surface area contributed by atoms with Gasteiger partial charge in [-0.05, 0) is 60.5 Å². The van der Waals surface area contributed by atoms with Crippen molar-refractivity contribution in [2.45, 2.75) is 13.5 Å². The number of hydrogen-bond donors (Lipinski definition) is 1. The van der Waals surface area contributed by atoms with Gasteiger partial charge in [0.2, 0.25) is 0 Å². The summed E-state index contributed by atoms with van der Waals surface area (Å²) >= 11 is 0. The molecule has 0 radical (unpaired) electrons. The van der Waals surface area contributed by atoms with Crippen molar-refractivity contribution in [3.63, 3.8) is 0 Å². The lowest BCUT2D eigenvalue weighted by Crippen LogP contribution is -2.53. The summed E-state index contributed by atoms with van der Waals surface area (Å²) in [5.41, 5.74) is 3.43. The molecule has 1 aliphatic rings.